The smallest absolute Gasteiger partial charge is 0.435 e. The number of alkyl halides is 3. The van der Waals surface area contributed by atoms with Crippen LogP contribution in [0, 0.1) is 0 Å². The maximum Gasteiger partial charge on any atom is 0.435 e. The largest absolute Gasteiger partial charge is 0.471 e. The maximum atomic E-state index is 12.8. The topological polar surface area (TPSA) is 91.7 Å². The van der Waals surface area contributed by atoms with Gasteiger partial charge in [-0.05, 0) is 23.4 Å². The summed E-state index contributed by atoms with van der Waals surface area (Å²) in [5.74, 6) is -0.843. The van der Waals surface area contributed by atoms with Gasteiger partial charge in [-0.2, -0.15) is 18.3 Å². The van der Waals surface area contributed by atoms with Gasteiger partial charge in [-0.15, -0.1) is 0 Å². The number of aromatic nitrogens is 2. The zero-order valence-corrected chi connectivity index (χ0v) is 12.1. The average Bonchev–Trinajstić information content (AvgIpc) is 3.02. The molecule has 1 aliphatic rings. The molecule has 2 N–H and O–H groups in total. The number of hydrogen-bond acceptors (Lipinski definition) is 5. The Morgan fingerprint density at radius 1 is 1.25 bits per heavy atom. The van der Waals surface area contributed by atoms with Gasteiger partial charge >= 0.3 is 6.18 Å². The highest BCUT2D eigenvalue weighted by Gasteiger charge is 2.36. The van der Waals surface area contributed by atoms with Gasteiger partial charge in [-0.25, -0.2) is 4.68 Å². The van der Waals surface area contributed by atoms with Crippen LogP contribution in [0.25, 0.3) is 5.69 Å². The lowest BCUT2D eigenvalue weighted by molar-refractivity contribution is -0.141. The van der Waals surface area contributed by atoms with Gasteiger partial charge in [0.15, 0.2) is 12.3 Å². The van der Waals surface area contributed by atoms with Crippen molar-refractivity contribution in [1.82, 2.24) is 9.78 Å². The lowest BCUT2D eigenvalue weighted by atomic mass is 10.2. The van der Waals surface area contributed by atoms with Gasteiger partial charge in [0, 0.05) is 11.6 Å². The molecule has 126 valence electrons. The number of carbonyl (C=O) groups is 1. The molecule has 2 aromatic rings. The molecule has 0 aliphatic carbocycles. The van der Waals surface area contributed by atoms with Gasteiger partial charge in [0.1, 0.15) is 12.3 Å². The van der Waals surface area contributed by atoms with Gasteiger partial charge in [0.05, 0.1) is 5.69 Å². The second kappa shape index (κ2) is 5.87. The first-order chi connectivity index (χ1) is 11.4. The Morgan fingerprint density at radius 2 is 2.04 bits per heavy atom. The summed E-state index contributed by atoms with van der Waals surface area (Å²) in [7, 11) is 0. The number of oxime groups is 1. The molecule has 0 unspecified atom stereocenters. The third kappa shape index (κ3) is 3.03. The number of benzene rings is 1. The third-order valence-electron chi connectivity index (χ3n) is 3.15. The molecular formula is C14H11F3N4O3. The third-order valence-corrected chi connectivity index (χ3v) is 3.15. The fourth-order valence-corrected chi connectivity index (χ4v) is 2.10. The van der Waals surface area contributed by atoms with E-state index in [1.807, 2.05) is 0 Å². The molecule has 10 heteroatoms. The van der Waals surface area contributed by atoms with Crippen LogP contribution in [0.5, 0.6) is 0 Å². The molecule has 3 rings (SSSR count). The van der Waals surface area contributed by atoms with Crippen molar-refractivity contribution in [2.24, 2.45) is 10.9 Å². The molecule has 0 atom stereocenters. The first kappa shape index (κ1) is 15.8. The Morgan fingerprint density at radius 3 is 2.67 bits per heavy atom. The summed E-state index contributed by atoms with van der Waals surface area (Å²) in [5, 5.41) is 7.17. The minimum atomic E-state index is -4.70. The van der Waals surface area contributed by atoms with Crippen LogP contribution in [0.3, 0.4) is 0 Å². The number of amides is 1. The second-order valence-corrected chi connectivity index (χ2v) is 4.82. The zero-order chi connectivity index (χ0) is 17.3. The Hall–Kier alpha value is -3.04. The fraction of sp³-hybridized carbons (Fsp3) is 0.214. The van der Waals surface area contributed by atoms with Crippen LogP contribution in [0.15, 0.2) is 35.5 Å². The maximum absolute atomic E-state index is 12.8. The number of hydrogen-bond donors (Lipinski definition) is 1. The summed E-state index contributed by atoms with van der Waals surface area (Å²) >= 11 is 0. The van der Waals surface area contributed by atoms with Gasteiger partial charge < -0.3 is 15.3 Å². The van der Waals surface area contributed by atoms with E-state index in [1.54, 1.807) is 12.1 Å². The van der Waals surface area contributed by atoms with Crippen LogP contribution in [-0.2, 0) is 15.8 Å². The van der Waals surface area contributed by atoms with E-state index in [0.29, 0.717) is 24.8 Å². The standard InChI is InChI=1S/C14H11F3N4O3/c15-14(16,17)11-7-10(12(18)22)21(19-11)9-3-1-2-8(6-9)13-20-24-5-4-23-13/h1-3,6-7H,4-5H2,(H2,18,22). The summed E-state index contributed by atoms with van der Waals surface area (Å²) in [6.45, 7) is 0.610. The molecule has 0 radical (unpaired) electrons. The second-order valence-electron chi connectivity index (χ2n) is 4.82. The van der Waals surface area contributed by atoms with E-state index in [0.717, 1.165) is 4.68 Å². The van der Waals surface area contributed by atoms with Gasteiger partial charge in [0.25, 0.3) is 11.8 Å². The number of nitrogens with two attached hydrogens (primary N) is 1. The van der Waals surface area contributed by atoms with Gasteiger partial charge in [-0.3, -0.25) is 4.79 Å². The number of ether oxygens (including phenoxy) is 1. The summed E-state index contributed by atoms with van der Waals surface area (Å²) < 4.78 is 44.7. The molecule has 1 amide bonds. The first-order valence-corrected chi connectivity index (χ1v) is 6.77. The molecule has 0 saturated carbocycles. The SMILES string of the molecule is NC(=O)c1cc(C(F)(F)F)nn1-c1cccc(C2=NOCCO2)c1. The van der Waals surface area contributed by atoms with Crippen LogP contribution < -0.4 is 5.73 Å². The highest BCUT2D eigenvalue weighted by Crippen LogP contribution is 2.29. The fourth-order valence-electron chi connectivity index (χ4n) is 2.10. The summed E-state index contributed by atoms with van der Waals surface area (Å²) in [5.41, 5.74) is 4.22. The predicted octanol–water partition coefficient (Wildman–Crippen LogP) is 1.70. The number of carbonyl (C=O) groups excluding carboxylic acids is 1. The molecule has 1 aromatic heterocycles. The van der Waals surface area contributed by atoms with Crippen molar-refractivity contribution in [3.05, 3.63) is 47.3 Å². The molecule has 0 spiro atoms. The Kier molecular flexibility index (Phi) is 3.87. The number of halogens is 3. The molecular weight excluding hydrogens is 329 g/mol. The van der Waals surface area contributed by atoms with Crippen LogP contribution >= 0.6 is 0 Å². The molecule has 1 aliphatic heterocycles. The minimum Gasteiger partial charge on any atom is -0.471 e. The lowest BCUT2D eigenvalue weighted by Gasteiger charge is -2.14. The highest BCUT2D eigenvalue weighted by atomic mass is 19.4. The lowest BCUT2D eigenvalue weighted by Crippen LogP contribution is -2.18. The molecule has 24 heavy (non-hydrogen) atoms. The van der Waals surface area contributed by atoms with E-state index in [4.69, 9.17) is 15.3 Å². The molecule has 7 nitrogen and oxygen atoms in total. The normalized spacial score (nSPS) is 14.5. The van der Waals surface area contributed by atoms with Crippen LogP contribution in [0.4, 0.5) is 13.2 Å². The Labute approximate surface area is 133 Å². The van der Waals surface area contributed by atoms with E-state index >= 15 is 0 Å². The summed E-state index contributed by atoms with van der Waals surface area (Å²) in [6, 6.07) is 6.74. The molecule has 0 bridgehead atoms. The van der Waals surface area contributed by atoms with Crippen LogP contribution in [-0.4, -0.2) is 34.8 Å². The van der Waals surface area contributed by atoms with Gasteiger partial charge in [0.2, 0.25) is 0 Å². The Balaban J connectivity index is 2.07. The predicted molar refractivity (Wildman–Crippen MR) is 75.5 cm³/mol. The minimum absolute atomic E-state index is 0.187. The van der Waals surface area contributed by atoms with Crippen molar-refractivity contribution in [2.75, 3.05) is 13.2 Å². The van der Waals surface area contributed by atoms with Gasteiger partial charge in [-0.1, -0.05) is 6.07 Å². The van der Waals surface area contributed by atoms with Crippen LogP contribution in [0.2, 0.25) is 0 Å². The van der Waals surface area contributed by atoms with E-state index < -0.39 is 17.8 Å². The quantitative estimate of drug-likeness (QED) is 0.920. The van der Waals surface area contributed by atoms with E-state index in [-0.39, 0.29) is 17.3 Å². The van der Waals surface area contributed by atoms with Crippen molar-refractivity contribution in [1.29, 1.82) is 0 Å². The monoisotopic (exact) mass is 340 g/mol. The number of nitrogens with zero attached hydrogens (tertiary/aromatic N) is 3. The summed E-state index contributed by atoms with van der Waals surface area (Å²) in [4.78, 5) is 16.4. The Bertz CT molecular complexity index is 814. The molecule has 0 saturated heterocycles. The van der Waals surface area contributed by atoms with E-state index in [2.05, 4.69) is 10.3 Å². The summed E-state index contributed by atoms with van der Waals surface area (Å²) in [6.07, 6.45) is -4.70. The van der Waals surface area contributed by atoms with Crippen molar-refractivity contribution in [2.45, 2.75) is 6.18 Å². The average molecular weight is 340 g/mol. The molecule has 1 aromatic carbocycles. The van der Waals surface area contributed by atoms with Crippen molar-refractivity contribution >= 4 is 11.8 Å². The van der Waals surface area contributed by atoms with Crippen molar-refractivity contribution < 1.29 is 27.5 Å². The van der Waals surface area contributed by atoms with Crippen molar-refractivity contribution in [3.8, 4) is 5.69 Å². The molecule has 0 fully saturated rings. The molecule has 2 heterocycles. The number of primary amides is 1. The van der Waals surface area contributed by atoms with E-state index in [9.17, 15) is 18.0 Å². The van der Waals surface area contributed by atoms with E-state index in [1.165, 1.54) is 12.1 Å². The van der Waals surface area contributed by atoms with Crippen molar-refractivity contribution in [3.63, 3.8) is 0 Å². The highest BCUT2D eigenvalue weighted by molar-refractivity contribution is 5.95. The first-order valence-electron chi connectivity index (χ1n) is 6.77. The van der Waals surface area contributed by atoms with Crippen LogP contribution in [0.1, 0.15) is 21.7 Å². The number of rotatable bonds is 3. The zero-order valence-electron chi connectivity index (χ0n) is 12.1.